The Hall–Kier alpha value is -1.63. The van der Waals surface area contributed by atoms with Crippen molar-refractivity contribution < 1.29 is 34.4 Å². The molecule has 2 aliphatic rings. The van der Waals surface area contributed by atoms with Crippen molar-refractivity contribution in [2.75, 3.05) is 0 Å². The van der Waals surface area contributed by atoms with E-state index < -0.39 is 47.9 Å². The lowest BCUT2D eigenvalue weighted by atomic mass is 9.70. The smallest absolute Gasteiger partial charge is 0.310 e. The maximum absolute atomic E-state index is 11.2. The van der Waals surface area contributed by atoms with E-state index in [0.717, 1.165) is 0 Å². The van der Waals surface area contributed by atoms with Crippen LogP contribution in [0.5, 0.6) is 0 Å². The van der Waals surface area contributed by atoms with Crippen molar-refractivity contribution in [1.82, 2.24) is 0 Å². The Morgan fingerprint density at radius 2 is 1.82 bits per heavy atom. The SMILES string of the molecule is O=C(O)CC12CCC(O1)C(C(=O)O)C2C(=O)O. The minimum Gasteiger partial charge on any atom is -0.481 e. The van der Waals surface area contributed by atoms with E-state index in [0.29, 0.717) is 6.42 Å². The molecule has 0 aliphatic carbocycles. The summed E-state index contributed by atoms with van der Waals surface area (Å²) in [6.07, 6.45) is -0.476. The van der Waals surface area contributed by atoms with E-state index in [4.69, 9.17) is 20.1 Å². The molecule has 2 bridgehead atoms. The minimum atomic E-state index is -1.36. The molecule has 94 valence electrons. The van der Waals surface area contributed by atoms with E-state index in [2.05, 4.69) is 0 Å². The Morgan fingerprint density at radius 1 is 1.18 bits per heavy atom. The third-order valence-electron chi connectivity index (χ3n) is 3.57. The van der Waals surface area contributed by atoms with Gasteiger partial charge < -0.3 is 20.1 Å². The summed E-state index contributed by atoms with van der Waals surface area (Å²) >= 11 is 0. The van der Waals surface area contributed by atoms with Gasteiger partial charge in [0.05, 0.1) is 24.0 Å². The number of hydrogen-bond acceptors (Lipinski definition) is 4. The zero-order valence-corrected chi connectivity index (χ0v) is 8.83. The van der Waals surface area contributed by atoms with Gasteiger partial charge >= 0.3 is 17.9 Å². The molecule has 0 aromatic carbocycles. The third kappa shape index (κ3) is 1.66. The molecule has 2 heterocycles. The Bertz CT molecular complexity index is 390. The molecule has 0 aromatic heterocycles. The summed E-state index contributed by atoms with van der Waals surface area (Å²) in [5.41, 5.74) is -1.36. The van der Waals surface area contributed by atoms with Gasteiger partial charge in [-0.2, -0.15) is 0 Å². The van der Waals surface area contributed by atoms with Crippen molar-refractivity contribution >= 4 is 17.9 Å². The maximum Gasteiger partial charge on any atom is 0.310 e. The van der Waals surface area contributed by atoms with Crippen molar-refractivity contribution in [2.45, 2.75) is 31.0 Å². The molecule has 7 heteroatoms. The van der Waals surface area contributed by atoms with Crippen LogP contribution < -0.4 is 0 Å². The molecule has 0 spiro atoms. The molecule has 0 amide bonds. The number of aliphatic carboxylic acids is 3. The van der Waals surface area contributed by atoms with Crippen LogP contribution in [0.3, 0.4) is 0 Å². The first-order chi connectivity index (χ1) is 7.87. The lowest BCUT2D eigenvalue weighted by Gasteiger charge is -2.30. The van der Waals surface area contributed by atoms with E-state index >= 15 is 0 Å². The number of carboxylic acids is 3. The second-order valence-electron chi connectivity index (χ2n) is 4.51. The Labute approximate surface area is 96.0 Å². The van der Waals surface area contributed by atoms with Crippen LogP contribution in [0.2, 0.25) is 0 Å². The zero-order valence-electron chi connectivity index (χ0n) is 8.83. The molecule has 3 N–H and O–H groups in total. The quantitative estimate of drug-likeness (QED) is 0.625. The number of ether oxygens (including phenoxy) is 1. The summed E-state index contributed by atoms with van der Waals surface area (Å²) in [4.78, 5) is 33.0. The fraction of sp³-hybridized carbons (Fsp3) is 0.700. The van der Waals surface area contributed by atoms with Gasteiger partial charge in [-0.15, -0.1) is 0 Å². The van der Waals surface area contributed by atoms with Gasteiger partial charge in [-0.25, -0.2) is 0 Å². The zero-order chi connectivity index (χ0) is 12.8. The van der Waals surface area contributed by atoms with E-state index in [1.54, 1.807) is 0 Å². The normalized spacial score (nSPS) is 39.2. The van der Waals surface area contributed by atoms with Crippen molar-refractivity contribution in [3.05, 3.63) is 0 Å². The summed E-state index contributed by atoms with van der Waals surface area (Å²) in [5.74, 6) is -6.16. The molecule has 4 atom stereocenters. The number of hydrogen-bond donors (Lipinski definition) is 3. The second kappa shape index (κ2) is 3.69. The molecule has 17 heavy (non-hydrogen) atoms. The summed E-state index contributed by atoms with van der Waals surface area (Å²) < 4.78 is 5.38. The van der Waals surface area contributed by atoms with Crippen LogP contribution in [0, 0.1) is 11.8 Å². The highest BCUT2D eigenvalue weighted by Gasteiger charge is 2.65. The lowest BCUT2D eigenvalue weighted by molar-refractivity contribution is -0.158. The summed E-state index contributed by atoms with van der Waals surface area (Å²) in [6.45, 7) is 0. The van der Waals surface area contributed by atoms with Gasteiger partial charge in [0.1, 0.15) is 5.92 Å². The summed E-state index contributed by atoms with van der Waals surface area (Å²) in [6, 6.07) is 0. The molecule has 0 radical (unpaired) electrons. The molecule has 2 fully saturated rings. The van der Waals surface area contributed by atoms with Crippen LogP contribution in [0.15, 0.2) is 0 Å². The monoisotopic (exact) mass is 244 g/mol. The molecule has 0 saturated carbocycles. The Morgan fingerprint density at radius 3 is 2.29 bits per heavy atom. The Kier molecular flexibility index (Phi) is 2.57. The van der Waals surface area contributed by atoms with Gasteiger partial charge in [-0.1, -0.05) is 0 Å². The second-order valence-corrected chi connectivity index (χ2v) is 4.51. The molecular weight excluding hydrogens is 232 g/mol. The fourth-order valence-corrected chi connectivity index (χ4v) is 3.01. The van der Waals surface area contributed by atoms with Gasteiger partial charge in [0.2, 0.25) is 0 Å². The van der Waals surface area contributed by atoms with Crippen LogP contribution in [0.25, 0.3) is 0 Å². The van der Waals surface area contributed by atoms with Gasteiger partial charge in [0.15, 0.2) is 0 Å². The molecule has 2 rings (SSSR count). The molecule has 2 saturated heterocycles. The first-order valence-corrected chi connectivity index (χ1v) is 5.22. The van der Waals surface area contributed by atoms with Crippen LogP contribution >= 0.6 is 0 Å². The average Bonchev–Trinajstić information content (AvgIpc) is 2.69. The highest BCUT2D eigenvalue weighted by atomic mass is 16.5. The van der Waals surface area contributed by atoms with E-state index in [1.807, 2.05) is 0 Å². The van der Waals surface area contributed by atoms with Gasteiger partial charge in [0.25, 0.3) is 0 Å². The largest absolute Gasteiger partial charge is 0.481 e. The van der Waals surface area contributed by atoms with Crippen molar-refractivity contribution in [3.63, 3.8) is 0 Å². The number of fused-ring (bicyclic) bond motifs is 2. The lowest BCUT2D eigenvalue weighted by Crippen LogP contribution is -2.46. The van der Waals surface area contributed by atoms with Gasteiger partial charge in [-0.3, -0.25) is 14.4 Å². The maximum atomic E-state index is 11.2. The predicted octanol–water partition coefficient (Wildman–Crippen LogP) is -0.206. The predicted molar refractivity (Wildman–Crippen MR) is 51.3 cm³/mol. The van der Waals surface area contributed by atoms with Gasteiger partial charge in [0, 0.05) is 0 Å². The first kappa shape index (κ1) is 11.8. The molecule has 2 aliphatic heterocycles. The van der Waals surface area contributed by atoms with E-state index in [-0.39, 0.29) is 6.42 Å². The highest BCUT2D eigenvalue weighted by molar-refractivity contribution is 5.84. The van der Waals surface area contributed by atoms with E-state index in [1.165, 1.54) is 0 Å². The van der Waals surface area contributed by atoms with Crippen LogP contribution in [0.1, 0.15) is 19.3 Å². The molecule has 0 aromatic rings. The molecule has 7 nitrogen and oxygen atoms in total. The average molecular weight is 244 g/mol. The summed E-state index contributed by atoms with van der Waals surface area (Å²) in [5, 5.41) is 26.9. The van der Waals surface area contributed by atoms with Crippen LogP contribution in [-0.2, 0) is 19.1 Å². The topological polar surface area (TPSA) is 121 Å². The number of rotatable bonds is 4. The van der Waals surface area contributed by atoms with Gasteiger partial charge in [-0.05, 0) is 12.8 Å². The standard InChI is InChI=1S/C10H12O7/c11-5(12)3-10-2-1-4(17-10)6(8(13)14)7(10)9(15)16/h4,6-7H,1-3H2,(H,11,12)(H,13,14)(H,15,16). The van der Waals surface area contributed by atoms with Crippen LogP contribution in [-0.4, -0.2) is 44.9 Å². The highest BCUT2D eigenvalue weighted by Crippen LogP contribution is 2.53. The molecule has 4 unspecified atom stereocenters. The van der Waals surface area contributed by atoms with Crippen molar-refractivity contribution in [2.24, 2.45) is 11.8 Å². The van der Waals surface area contributed by atoms with Crippen molar-refractivity contribution in [3.8, 4) is 0 Å². The third-order valence-corrected chi connectivity index (χ3v) is 3.57. The number of carboxylic acid groups (broad SMARTS) is 3. The first-order valence-electron chi connectivity index (χ1n) is 5.22. The van der Waals surface area contributed by atoms with Crippen molar-refractivity contribution in [1.29, 1.82) is 0 Å². The van der Waals surface area contributed by atoms with E-state index in [9.17, 15) is 14.4 Å². The van der Waals surface area contributed by atoms with Crippen LogP contribution in [0.4, 0.5) is 0 Å². The number of carbonyl (C=O) groups is 3. The minimum absolute atomic E-state index is 0.282. The fourth-order valence-electron chi connectivity index (χ4n) is 3.01. The molecular formula is C10H12O7. The Balaban J connectivity index is 2.36. The summed E-state index contributed by atoms with van der Waals surface area (Å²) in [7, 11) is 0.